The zero-order valence-corrected chi connectivity index (χ0v) is 12.6. The normalized spacial score (nSPS) is 10.8. The number of halogens is 2. The van der Waals surface area contributed by atoms with E-state index in [1.54, 1.807) is 43.1 Å². The smallest absolute Gasteiger partial charge is 0.238 e. The maximum atomic E-state index is 13.7. The number of amides is 1. The number of benzene rings is 2. The van der Waals surface area contributed by atoms with Crippen LogP contribution in [0.15, 0.2) is 42.5 Å². The highest BCUT2D eigenvalue weighted by atomic mass is 19.1. The van der Waals surface area contributed by atoms with Crippen molar-refractivity contribution in [2.75, 3.05) is 18.9 Å². The fourth-order valence-corrected chi connectivity index (χ4v) is 2.13. The summed E-state index contributed by atoms with van der Waals surface area (Å²) in [4.78, 5) is 13.6. The molecule has 0 fully saturated rings. The van der Waals surface area contributed by atoms with E-state index in [0.717, 1.165) is 5.56 Å². The van der Waals surface area contributed by atoms with Crippen LogP contribution in [0.4, 0.5) is 14.5 Å². The van der Waals surface area contributed by atoms with Crippen LogP contribution in [0.5, 0.6) is 0 Å². The van der Waals surface area contributed by atoms with Crippen LogP contribution in [0.25, 0.3) is 0 Å². The van der Waals surface area contributed by atoms with Gasteiger partial charge in [0.25, 0.3) is 0 Å². The highest BCUT2D eigenvalue weighted by Crippen LogP contribution is 2.15. The van der Waals surface area contributed by atoms with E-state index in [4.69, 9.17) is 0 Å². The van der Waals surface area contributed by atoms with Crippen LogP contribution in [0, 0.1) is 18.6 Å². The molecule has 1 N–H and O–H groups in total. The lowest BCUT2D eigenvalue weighted by atomic mass is 10.2. The molecule has 0 aliphatic heterocycles. The molecule has 0 aliphatic carbocycles. The molecule has 2 aromatic carbocycles. The first-order valence-electron chi connectivity index (χ1n) is 6.93. The number of hydrogen-bond acceptors (Lipinski definition) is 2. The van der Waals surface area contributed by atoms with Crippen molar-refractivity contribution in [3.8, 4) is 0 Å². The van der Waals surface area contributed by atoms with Crippen molar-refractivity contribution < 1.29 is 13.6 Å². The molecule has 5 heteroatoms. The van der Waals surface area contributed by atoms with E-state index in [2.05, 4.69) is 5.32 Å². The molecule has 0 bridgehead atoms. The molecule has 0 saturated heterocycles. The second kappa shape index (κ2) is 7.13. The van der Waals surface area contributed by atoms with Gasteiger partial charge < -0.3 is 5.32 Å². The van der Waals surface area contributed by atoms with Gasteiger partial charge in [0.05, 0.1) is 12.2 Å². The Morgan fingerprint density at radius 1 is 1.14 bits per heavy atom. The van der Waals surface area contributed by atoms with Crippen LogP contribution in [-0.4, -0.2) is 24.4 Å². The molecule has 0 aromatic heterocycles. The maximum Gasteiger partial charge on any atom is 0.238 e. The Morgan fingerprint density at radius 2 is 1.86 bits per heavy atom. The van der Waals surface area contributed by atoms with Crippen LogP contribution in [0.1, 0.15) is 11.1 Å². The molecule has 22 heavy (non-hydrogen) atoms. The Hall–Kier alpha value is -2.27. The first kappa shape index (κ1) is 16.1. The number of rotatable bonds is 5. The van der Waals surface area contributed by atoms with Gasteiger partial charge in [-0.05, 0) is 37.7 Å². The molecule has 0 radical (unpaired) electrons. The van der Waals surface area contributed by atoms with Crippen LogP contribution in [0.2, 0.25) is 0 Å². The summed E-state index contributed by atoms with van der Waals surface area (Å²) in [6, 6.07) is 11.0. The molecule has 116 valence electrons. The lowest BCUT2D eigenvalue weighted by molar-refractivity contribution is -0.117. The van der Waals surface area contributed by atoms with Gasteiger partial charge in [-0.2, -0.15) is 0 Å². The topological polar surface area (TPSA) is 32.3 Å². The lowest BCUT2D eigenvalue weighted by Gasteiger charge is -2.17. The van der Waals surface area contributed by atoms with E-state index in [0.29, 0.717) is 12.1 Å². The summed E-state index contributed by atoms with van der Waals surface area (Å²) < 4.78 is 27.2. The molecule has 1 amide bonds. The SMILES string of the molecule is Cc1ccc(NC(=O)CN(C)Cc2ccccc2F)c(F)c1. The van der Waals surface area contributed by atoms with E-state index in [-0.39, 0.29) is 24.0 Å². The molecule has 3 nitrogen and oxygen atoms in total. The highest BCUT2D eigenvalue weighted by Gasteiger charge is 2.11. The van der Waals surface area contributed by atoms with Crippen molar-refractivity contribution in [1.29, 1.82) is 0 Å². The Labute approximate surface area is 128 Å². The van der Waals surface area contributed by atoms with E-state index in [9.17, 15) is 13.6 Å². The Balaban J connectivity index is 1.93. The third-order valence-corrected chi connectivity index (χ3v) is 3.21. The quantitative estimate of drug-likeness (QED) is 0.919. The van der Waals surface area contributed by atoms with Crippen molar-refractivity contribution in [2.45, 2.75) is 13.5 Å². The van der Waals surface area contributed by atoms with Gasteiger partial charge in [-0.1, -0.05) is 24.3 Å². The fraction of sp³-hybridized carbons (Fsp3) is 0.235. The summed E-state index contributed by atoms with van der Waals surface area (Å²) in [6.07, 6.45) is 0. The number of anilines is 1. The second-order valence-electron chi connectivity index (χ2n) is 5.30. The summed E-state index contributed by atoms with van der Waals surface area (Å²) in [5, 5.41) is 2.52. The summed E-state index contributed by atoms with van der Waals surface area (Å²) in [5.41, 5.74) is 1.45. The van der Waals surface area contributed by atoms with Gasteiger partial charge in [0.15, 0.2) is 0 Å². The Kier molecular flexibility index (Phi) is 5.22. The fourth-order valence-electron chi connectivity index (χ4n) is 2.13. The van der Waals surface area contributed by atoms with Crippen molar-refractivity contribution in [2.24, 2.45) is 0 Å². The monoisotopic (exact) mass is 304 g/mol. The molecule has 0 spiro atoms. The molecule has 0 atom stereocenters. The number of nitrogens with one attached hydrogen (secondary N) is 1. The number of nitrogens with zero attached hydrogens (tertiary/aromatic N) is 1. The zero-order valence-electron chi connectivity index (χ0n) is 12.6. The van der Waals surface area contributed by atoms with Crippen LogP contribution in [-0.2, 0) is 11.3 Å². The van der Waals surface area contributed by atoms with Crippen molar-refractivity contribution in [1.82, 2.24) is 4.90 Å². The van der Waals surface area contributed by atoms with Gasteiger partial charge >= 0.3 is 0 Å². The number of carbonyl (C=O) groups is 1. The minimum Gasteiger partial charge on any atom is -0.322 e. The Morgan fingerprint density at radius 3 is 2.55 bits per heavy atom. The molecule has 2 rings (SSSR count). The first-order chi connectivity index (χ1) is 10.5. The molecular weight excluding hydrogens is 286 g/mol. The molecular formula is C17H18F2N2O. The minimum atomic E-state index is -0.467. The maximum absolute atomic E-state index is 13.7. The van der Waals surface area contributed by atoms with Gasteiger partial charge in [0, 0.05) is 12.1 Å². The molecule has 0 heterocycles. The Bertz CT molecular complexity index is 673. The first-order valence-corrected chi connectivity index (χ1v) is 6.93. The third-order valence-electron chi connectivity index (χ3n) is 3.21. The number of likely N-dealkylation sites (N-methyl/N-ethyl adjacent to an activating group) is 1. The van der Waals surface area contributed by atoms with E-state index >= 15 is 0 Å². The predicted molar refractivity (Wildman–Crippen MR) is 82.5 cm³/mol. The van der Waals surface area contributed by atoms with Crippen LogP contribution in [0.3, 0.4) is 0 Å². The number of hydrogen-bond donors (Lipinski definition) is 1. The van der Waals surface area contributed by atoms with Gasteiger partial charge in [-0.25, -0.2) is 8.78 Å². The van der Waals surface area contributed by atoms with E-state index in [1.807, 2.05) is 0 Å². The zero-order chi connectivity index (χ0) is 16.1. The average molecular weight is 304 g/mol. The summed E-state index contributed by atoms with van der Waals surface area (Å²) in [6.45, 7) is 2.12. The second-order valence-corrected chi connectivity index (χ2v) is 5.30. The molecule has 0 aliphatic rings. The standard InChI is InChI=1S/C17H18F2N2O/c1-12-7-8-16(15(19)9-12)20-17(22)11-21(2)10-13-5-3-4-6-14(13)18/h3-9H,10-11H2,1-2H3,(H,20,22). The summed E-state index contributed by atoms with van der Waals surface area (Å²) in [7, 11) is 1.71. The van der Waals surface area contributed by atoms with Crippen molar-refractivity contribution in [3.05, 3.63) is 65.2 Å². The van der Waals surface area contributed by atoms with Crippen LogP contribution >= 0.6 is 0 Å². The van der Waals surface area contributed by atoms with Crippen molar-refractivity contribution in [3.63, 3.8) is 0 Å². The summed E-state index contributed by atoms with van der Waals surface area (Å²) >= 11 is 0. The van der Waals surface area contributed by atoms with Gasteiger partial charge in [-0.15, -0.1) is 0 Å². The van der Waals surface area contributed by atoms with Crippen molar-refractivity contribution >= 4 is 11.6 Å². The minimum absolute atomic E-state index is 0.0433. The number of aryl methyl sites for hydroxylation is 1. The molecule has 0 saturated carbocycles. The van der Waals surface area contributed by atoms with Gasteiger partial charge in [-0.3, -0.25) is 9.69 Å². The lowest BCUT2D eigenvalue weighted by Crippen LogP contribution is -2.30. The van der Waals surface area contributed by atoms with E-state index < -0.39 is 5.82 Å². The third kappa shape index (κ3) is 4.36. The highest BCUT2D eigenvalue weighted by molar-refractivity contribution is 5.92. The number of carbonyl (C=O) groups excluding carboxylic acids is 1. The van der Waals surface area contributed by atoms with E-state index in [1.165, 1.54) is 18.2 Å². The average Bonchev–Trinajstić information content (AvgIpc) is 2.44. The molecule has 0 unspecified atom stereocenters. The molecule has 2 aromatic rings. The van der Waals surface area contributed by atoms with Gasteiger partial charge in [0.2, 0.25) is 5.91 Å². The predicted octanol–water partition coefficient (Wildman–Crippen LogP) is 3.34. The summed E-state index contributed by atoms with van der Waals surface area (Å²) in [5.74, 6) is -1.12. The van der Waals surface area contributed by atoms with Crippen LogP contribution < -0.4 is 5.32 Å². The van der Waals surface area contributed by atoms with Gasteiger partial charge in [0.1, 0.15) is 11.6 Å². The largest absolute Gasteiger partial charge is 0.322 e.